The SMILES string of the molecule is Cc1cc(C)c(C)c(-c2n[nH]c(C)c2CC(=O)O)c1C. The molecule has 0 aliphatic carbocycles. The number of aryl methyl sites for hydroxylation is 3. The first kappa shape index (κ1) is 14.3. The highest BCUT2D eigenvalue weighted by Crippen LogP contribution is 2.33. The van der Waals surface area contributed by atoms with E-state index in [1.807, 2.05) is 6.92 Å². The van der Waals surface area contributed by atoms with E-state index in [2.05, 4.69) is 44.0 Å². The van der Waals surface area contributed by atoms with Gasteiger partial charge in [0, 0.05) is 16.8 Å². The van der Waals surface area contributed by atoms with Gasteiger partial charge < -0.3 is 5.11 Å². The predicted octanol–water partition coefficient (Wildman–Crippen LogP) is 3.25. The van der Waals surface area contributed by atoms with E-state index < -0.39 is 5.97 Å². The summed E-state index contributed by atoms with van der Waals surface area (Å²) in [7, 11) is 0. The summed E-state index contributed by atoms with van der Waals surface area (Å²) in [6.45, 7) is 10.1. The smallest absolute Gasteiger partial charge is 0.307 e. The molecule has 0 aliphatic heterocycles. The second-order valence-electron chi connectivity index (χ2n) is 5.38. The zero-order chi connectivity index (χ0) is 15.0. The Balaban J connectivity index is 2.72. The Bertz CT molecular complexity index is 658. The van der Waals surface area contributed by atoms with Crippen molar-refractivity contribution in [3.63, 3.8) is 0 Å². The van der Waals surface area contributed by atoms with Crippen LogP contribution in [-0.4, -0.2) is 21.3 Å². The Morgan fingerprint density at radius 3 is 2.20 bits per heavy atom. The van der Waals surface area contributed by atoms with Crippen LogP contribution in [0.25, 0.3) is 11.3 Å². The van der Waals surface area contributed by atoms with E-state index in [4.69, 9.17) is 5.11 Å². The Kier molecular flexibility index (Phi) is 3.66. The highest BCUT2D eigenvalue weighted by Gasteiger charge is 2.19. The summed E-state index contributed by atoms with van der Waals surface area (Å²) in [5.74, 6) is -0.838. The minimum Gasteiger partial charge on any atom is -0.481 e. The number of hydrogen-bond donors (Lipinski definition) is 2. The van der Waals surface area contributed by atoms with Crippen LogP contribution in [0.4, 0.5) is 0 Å². The number of hydrogen-bond acceptors (Lipinski definition) is 2. The second-order valence-corrected chi connectivity index (χ2v) is 5.38. The van der Waals surface area contributed by atoms with Crippen LogP contribution in [0.2, 0.25) is 0 Å². The van der Waals surface area contributed by atoms with Gasteiger partial charge in [0.1, 0.15) is 0 Å². The maximum absolute atomic E-state index is 11.1. The van der Waals surface area contributed by atoms with Gasteiger partial charge in [0.2, 0.25) is 0 Å². The van der Waals surface area contributed by atoms with Crippen molar-refractivity contribution in [3.05, 3.63) is 39.6 Å². The molecule has 2 N–H and O–H groups in total. The molecule has 2 aromatic rings. The van der Waals surface area contributed by atoms with Gasteiger partial charge in [-0.25, -0.2) is 0 Å². The van der Waals surface area contributed by atoms with E-state index in [9.17, 15) is 4.79 Å². The fourth-order valence-electron chi connectivity index (χ4n) is 2.60. The van der Waals surface area contributed by atoms with Gasteiger partial charge in [-0.1, -0.05) is 6.07 Å². The summed E-state index contributed by atoms with van der Waals surface area (Å²) in [6.07, 6.45) is -0.0104. The van der Waals surface area contributed by atoms with Crippen LogP contribution in [0.5, 0.6) is 0 Å². The van der Waals surface area contributed by atoms with Crippen molar-refractivity contribution in [2.24, 2.45) is 0 Å². The van der Waals surface area contributed by atoms with Crippen LogP contribution >= 0.6 is 0 Å². The molecule has 2 rings (SSSR count). The van der Waals surface area contributed by atoms with Gasteiger partial charge in [-0.2, -0.15) is 5.10 Å². The molecule has 0 fully saturated rings. The zero-order valence-electron chi connectivity index (χ0n) is 12.6. The lowest BCUT2D eigenvalue weighted by molar-refractivity contribution is -0.136. The van der Waals surface area contributed by atoms with Gasteiger partial charge in [-0.15, -0.1) is 0 Å². The summed E-state index contributed by atoms with van der Waals surface area (Å²) in [5, 5.41) is 16.4. The number of nitrogens with one attached hydrogen (secondary N) is 1. The van der Waals surface area contributed by atoms with Crippen LogP contribution in [0.3, 0.4) is 0 Å². The summed E-state index contributed by atoms with van der Waals surface area (Å²) < 4.78 is 0. The lowest BCUT2D eigenvalue weighted by Crippen LogP contribution is -2.04. The summed E-state index contributed by atoms with van der Waals surface area (Å²) in [6, 6.07) is 2.16. The normalized spacial score (nSPS) is 10.8. The van der Waals surface area contributed by atoms with Gasteiger partial charge in [-0.05, 0) is 56.9 Å². The molecule has 106 valence electrons. The molecule has 0 aliphatic rings. The number of aromatic amines is 1. The van der Waals surface area contributed by atoms with E-state index in [1.54, 1.807) is 0 Å². The number of carboxylic acids is 1. The summed E-state index contributed by atoms with van der Waals surface area (Å²) in [5.41, 5.74) is 8.14. The molecule has 1 heterocycles. The monoisotopic (exact) mass is 272 g/mol. The predicted molar refractivity (Wildman–Crippen MR) is 79.0 cm³/mol. The largest absolute Gasteiger partial charge is 0.481 e. The van der Waals surface area contributed by atoms with Crippen LogP contribution in [0.15, 0.2) is 6.07 Å². The second kappa shape index (κ2) is 5.12. The molecule has 4 heteroatoms. The molecule has 1 aromatic heterocycles. The average molecular weight is 272 g/mol. The average Bonchev–Trinajstić information content (AvgIpc) is 2.69. The van der Waals surface area contributed by atoms with E-state index in [-0.39, 0.29) is 6.42 Å². The van der Waals surface area contributed by atoms with E-state index in [0.29, 0.717) is 0 Å². The Morgan fingerprint density at radius 1 is 1.15 bits per heavy atom. The van der Waals surface area contributed by atoms with Gasteiger partial charge in [0.25, 0.3) is 0 Å². The lowest BCUT2D eigenvalue weighted by Gasteiger charge is -2.14. The van der Waals surface area contributed by atoms with Crippen molar-refractivity contribution >= 4 is 5.97 Å². The number of aliphatic carboxylic acids is 1. The van der Waals surface area contributed by atoms with Crippen molar-refractivity contribution in [2.45, 2.75) is 41.0 Å². The number of carboxylic acid groups (broad SMARTS) is 1. The quantitative estimate of drug-likeness (QED) is 0.901. The molecule has 0 radical (unpaired) electrons. The number of nitrogens with zero attached hydrogens (tertiary/aromatic N) is 1. The highest BCUT2D eigenvalue weighted by molar-refractivity contribution is 5.79. The molecule has 0 saturated carbocycles. The molecule has 0 unspecified atom stereocenters. The third-order valence-corrected chi connectivity index (χ3v) is 4.00. The van der Waals surface area contributed by atoms with Gasteiger partial charge in [0.15, 0.2) is 0 Å². The third-order valence-electron chi connectivity index (χ3n) is 4.00. The van der Waals surface area contributed by atoms with Crippen LogP contribution in [0, 0.1) is 34.6 Å². The third kappa shape index (κ3) is 2.33. The number of rotatable bonds is 3. The van der Waals surface area contributed by atoms with Gasteiger partial charge in [-0.3, -0.25) is 9.89 Å². The van der Waals surface area contributed by atoms with Gasteiger partial charge >= 0.3 is 5.97 Å². The van der Waals surface area contributed by atoms with Crippen LogP contribution in [0.1, 0.15) is 33.5 Å². The number of aromatic nitrogens is 2. The van der Waals surface area contributed by atoms with E-state index in [1.165, 1.54) is 11.1 Å². The molecular formula is C16H20N2O2. The summed E-state index contributed by atoms with van der Waals surface area (Å²) in [4.78, 5) is 11.1. The van der Waals surface area contributed by atoms with E-state index in [0.717, 1.165) is 33.6 Å². The lowest BCUT2D eigenvalue weighted by atomic mass is 9.90. The van der Waals surface area contributed by atoms with Crippen LogP contribution in [-0.2, 0) is 11.2 Å². The maximum Gasteiger partial charge on any atom is 0.307 e. The number of carbonyl (C=O) groups is 1. The zero-order valence-corrected chi connectivity index (χ0v) is 12.6. The highest BCUT2D eigenvalue weighted by atomic mass is 16.4. The van der Waals surface area contributed by atoms with Crippen LogP contribution < -0.4 is 0 Å². The fraction of sp³-hybridized carbons (Fsp3) is 0.375. The molecule has 20 heavy (non-hydrogen) atoms. The Hall–Kier alpha value is -2.10. The molecular weight excluding hydrogens is 252 g/mol. The number of benzene rings is 1. The van der Waals surface area contributed by atoms with Crippen molar-refractivity contribution in [1.82, 2.24) is 10.2 Å². The molecule has 0 saturated heterocycles. The van der Waals surface area contributed by atoms with Crippen molar-refractivity contribution in [2.75, 3.05) is 0 Å². The topological polar surface area (TPSA) is 66.0 Å². The van der Waals surface area contributed by atoms with Crippen molar-refractivity contribution in [1.29, 1.82) is 0 Å². The van der Waals surface area contributed by atoms with Crippen molar-refractivity contribution < 1.29 is 9.90 Å². The minimum absolute atomic E-state index is 0.0104. The van der Waals surface area contributed by atoms with E-state index >= 15 is 0 Å². The standard InChI is InChI=1S/C16H20N2O2/c1-8-6-9(2)11(4)15(10(8)3)16-13(7-14(19)20)12(5)17-18-16/h6H,7H2,1-5H3,(H,17,18)(H,19,20). The molecule has 0 spiro atoms. The summed E-state index contributed by atoms with van der Waals surface area (Å²) >= 11 is 0. The molecule has 0 atom stereocenters. The first-order valence-corrected chi connectivity index (χ1v) is 6.66. The van der Waals surface area contributed by atoms with Crippen molar-refractivity contribution in [3.8, 4) is 11.3 Å². The Labute approximate surface area is 118 Å². The molecule has 1 aromatic carbocycles. The molecule has 0 bridgehead atoms. The van der Waals surface area contributed by atoms with Gasteiger partial charge in [0.05, 0.1) is 12.1 Å². The first-order valence-electron chi connectivity index (χ1n) is 6.66. The maximum atomic E-state index is 11.1. The minimum atomic E-state index is -0.838. The molecule has 4 nitrogen and oxygen atoms in total. The molecule has 0 amide bonds. The number of H-pyrrole nitrogens is 1. The first-order chi connectivity index (χ1) is 9.32. The fourth-order valence-corrected chi connectivity index (χ4v) is 2.60. The Morgan fingerprint density at radius 2 is 1.70 bits per heavy atom.